The Labute approximate surface area is 101 Å². The number of methoxy groups -OCH3 is 1. The Morgan fingerprint density at radius 3 is 3.00 bits per heavy atom. The zero-order valence-corrected chi connectivity index (χ0v) is 10.4. The molecule has 0 radical (unpaired) electrons. The molecule has 0 fully saturated rings. The van der Waals surface area contributed by atoms with Crippen molar-refractivity contribution < 1.29 is 9.13 Å². The van der Waals surface area contributed by atoms with Crippen molar-refractivity contribution in [1.29, 1.82) is 0 Å². The summed E-state index contributed by atoms with van der Waals surface area (Å²) < 4.78 is 17.8. The molecule has 0 aliphatic rings. The van der Waals surface area contributed by atoms with Gasteiger partial charge in [0.25, 0.3) is 0 Å². The van der Waals surface area contributed by atoms with Crippen LogP contribution in [-0.4, -0.2) is 31.8 Å². The second-order valence-electron chi connectivity index (χ2n) is 3.40. The predicted octanol–water partition coefficient (Wildman–Crippen LogP) is 3.01. The molecule has 1 aromatic rings. The number of ether oxygens (including phenoxy) is 1. The van der Waals surface area contributed by atoms with Crippen molar-refractivity contribution in [3.8, 4) is 0 Å². The lowest BCUT2D eigenvalue weighted by atomic mass is 10.3. The monoisotopic (exact) mass is 243 g/mol. The van der Waals surface area contributed by atoms with Crippen LogP contribution in [0.2, 0.25) is 0 Å². The summed E-state index contributed by atoms with van der Waals surface area (Å²) in [5, 5.41) is 3.18. The van der Waals surface area contributed by atoms with E-state index in [0.717, 1.165) is 36.8 Å². The van der Waals surface area contributed by atoms with Gasteiger partial charge in [0.2, 0.25) is 0 Å². The van der Waals surface area contributed by atoms with E-state index in [2.05, 4.69) is 5.32 Å². The van der Waals surface area contributed by atoms with Crippen LogP contribution in [0.1, 0.15) is 6.42 Å². The summed E-state index contributed by atoms with van der Waals surface area (Å²) >= 11 is 1.88. The average Bonchev–Trinajstić information content (AvgIpc) is 2.28. The van der Waals surface area contributed by atoms with Crippen LogP contribution in [0.3, 0.4) is 0 Å². The molecule has 2 nitrogen and oxygen atoms in total. The van der Waals surface area contributed by atoms with Crippen molar-refractivity contribution in [2.45, 2.75) is 6.42 Å². The molecule has 1 rings (SSSR count). The van der Waals surface area contributed by atoms with Crippen molar-refractivity contribution in [2.24, 2.45) is 0 Å². The molecular formula is C12H18FNOS. The summed E-state index contributed by atoms with van der Waals surface area (Å²) in [5.41, 5.74) is 0.845. The number of thioether (sulfide) groups is 1. The maximum Gasteiger partial charge on any atom is 0.125 e. The SMILES string of the molecule is COCCCSCCNc1cccc(F)c1. The van der Waals surface area contributed by atoms with Gasteiger partial charge in [-0.25, -0.2) is 4.39 Å². The fourth-order valence-electron chi connectivity index (χ4n) is 1.27. The van der Waals surface area contributed by atoms with E-state index in [0.29, 0.717) is 0 Å². The maximum atomic E-state index is 12.8. The number of rotatable bonds is 8. The number of benzene rings is 1. The second-order valence-corrected chi connectivity index (χ2v) is 4.62. The highest BCUT2D eigenvalue weighted by Crippen LogP contribution is 2.09. The molecule has 0 aliphatic carbocycles. The third kappa shape index (κ3) is 5.98. The van der Waals surface area contributed by atoms with Crippen molar-refractivity contribution in [3.63, 3.8) is 0 Å². The van der Waals surface area contributed by atoms with E-state index in [9.17, 15) is 4.39 Å². The molecule has 16 heavy (non-hydrogen) atoms. The van der Waals surface area contributed by atoms with E-state index < -0.39 is 0 Å². The van der Waals surface area contributed by atoms with Gasteiger partial charge in [0, 0.05) is 31.7 Å². The molecule has 0 aromatic heterocycles. The normalized spacial score (nSPS) is 10.4. The molecule has 0 amide bonds. The number of anilines is 1. The highest BCUT2D eigenvalue weighted by molar-refractivity contribution is 7.99. The van der Waals surface area contributed by atoms with Crippen LogP contribution in [0.25, 0.3) is 0 Å². The summed E-state index contributed by atoms with van der Waals surface area (Å²) in [4.78, 5) is 0. The van der Waals surface area contributed by atoms with Crippen molar-refractivity contribution in [3.05, 3.63) is 30.1 Å². The number of hydrogen-bond donors (Lipinski definition) is 1. The second kappa shape index (κ2) is 8.42. The molecule has 1 aromatic carbocycles. The molecule has 0 unspecified atom stereocenters. The van der Waals surface area contributed by atoms with Crippen LogP contribution in [0.15, 0.2) is 24.3 Å². The summed E-state index contributed by atoms with van der Waals surface area (Å²) in [6.07, 6.45) is 1.08. The Hall–Kier alpha value is -0.740. The fraction of sp³-hybridized carbons (Fsp3) is 0.500. The van der Waals surface area contributed by atoms with E-state index >= 15 is 0 Å². The third-order valence-electron chi connectivity index (χ3n) is 2.04. The molecule has 0 atom stereocenters. The van der Waals surface area contributed by atoms with Crippen LogP contribution < -0.4 is 5.32 Å². The van der Waals surface area contributed by atoms with Crippen molar-refractivity contribution >= 4 is 17.4 Å². The first kappa shape index (κ1) is 13.3. The van der Waals surface area contributed by atoms with Gasteiger partial charge in [-0.1, -0.05) is 6.07 Å². The first-order valence-corrected chi connectivity index (χ1v) is 6.54. The average molecular weight is 243 g/mol. The minimum atomic E-state index is -0.197. The van der Waals surface area contributed by atoms with E-state index in [1.165, 1.54) is 12.1 Å². The lowest BCUT2D eigenvalue weighted by Gasteiger charge is -2.06. The standard InChI is InChI=1S/C12H18FNOS/c1-15-7-3-8-16-9-6-14-12-5-2-4-11(13)10-12/h2,4-5,10,14H,3,6-9H2,1H3. The molecule has 0 spiro atoms. The topological polar surface area (TPSA) is 21.3 Å². The van der Waals surface area contributed by atoms with Crippen LogP contribution in [0.4, 0.5) is 10.1 Å². The summed E-state index contributed by atoms with van der Waals surface area (Å²) in [6.45, 7) is 1.69. The van der Waals surface area contributed by atoms with Gasteiger partial charge in [-0.2, -0.15) is 11.8 Å². The third-order valence-corrected chi connectivity index (χ3v) is 3.11. The van der Waals surface area contributed by atoms with Gasteiger partial charge < -0.3 is 10.1 Å². The number of nitrogens with one attached hydrogen (secondary N) is 1. The lowest BCUT2D eigenvalue weighted by Crippen LogP contribution is -2.04. The summed E-state index contributed by atoms with van der Waals surface area (Å²) in [5.74, 6) is 1.94. The van der Waals surface area contributed by atoms with Crippen LogP contribution in [0.5, 0.6) is 0 Å². The van der Waals surface area contributed by atoms with E-state index in [1.807, 2.05) is 17.8 Å². The van der Waals surface area contributed by atoms with Gasteiger partial charge in [-0.15, -0.1) is 0 Å². The smallest absolute Gasteiger partial charge is 0.125 e. The van der Waals surface area contributed by atoms with Gasteiger partial charge in [-0.3, -0.25) is 0 Å². The van der Waals surface area contributed by atoms with Crippen molar-refractivity contribution in [2.75, 3.05) is 37.1 Å². The van der Waals surface area contributed by atoms with Gasteiger partial charge in [0.05, 0.1) is 0 Å². The maximum absolute atomic E-state index is 12.8. The Morgan fingerprint density at radius 1 is 1.38 bits per heavy atom. The first-order chi connectivity index (χ1) is 7.83. The number of halogens is 1. The quantitative estimate of drug-likeness (QED) is 0.709. The highest BCUT2D eigenvalue weighted by atomic mass is 32.2. The minimum Gasteiger partial charge on any atom is -0.385 e. The number of hydrogen-bond acceptors (Lipinski definition) is 3. The fourth-order valence-corrected chi connectivity index (χ4v) is 2.05. The highest BCUT2D eigenvalue weighted by Gasteiger charge is 1.94. The van der Waals surface area contributed by atoms with Crippen LogP contribution in [0, 0.1) is 5.82 Å². The molecule has 0 aliphatic heterocycles. The largest absolute Gasteiger partial charge is 0.385 e. The Morgan fingerprint density at radius 2 is 2.25 bits per heavy atom. The van der Waals surface area contributed by atoms with E-state index in [4.69, 9.17) is 4.74 Å². The van der Waals surface area contributed by atoms with Gasteiger partial charge >= 0.3 is 0 Å². The molecule has 4 heteroatoms. The zero-order valence-electron chi connectivity index (χ0n) is 9.54. The van der Waals surface area contributed by atoms with E-state index in [-0.39, 0.29) is 5.82 Å². The van der Waals surface area contributed by atoms with Crippen LogP contribution >= 0.6 is 11.8 Å². The summed E-state index contributed by atoms with van der Waals surface area (Å²) in [6, 6.07) is 6.54. The predicted molar refractivity (Wildman–Crippen MR) is 68.7 cm³/mol. The minimum absolute atomic E-state index is 0.197. The molecule has 0 saturated heterocycles. The van der Waals surface area contributed by atoms with Crippen LogP contribution in [-0.2, 0) is 4.74 Å². The Kier molecular flexibility index (Phi) is 7.01. The Bertz CT molecular complexity index is 296. The molecule has 1 N–H and O–H groups in total. The molecule has 90 valence electrons. The van der Waals surface area contributed by atoms with Gasteiger partial charge in [0.1, 0.15) is 5.82 Å². The first-order valence-electron chi connectivity index (χ1n) is 5.39. The van der Waals surface area contributed by atoms with E-state index in [1.54, 1.807) is 13.2 Å². The van der Waals surface area contributed by atoms with Gasteiger partial charge in [-0.05, 0) is 30.4 Å². The lowest BCUT2D eigenvalue weighted by molar-refractivity contribution is 0.200. The summed E-state index contributed by atoms with van der Waals surface area (Å²) in [7, 11) is 1.72. The molecule has 0 bridgehead atoms. The van der Waals surface area contributed by atoms with Gasteiger partial charge in [0.15, 0.2) is 0 Å². The molecule has 0 saturated carbocycles. The van der Waals surface area contributed by atoms with Crippen molar-refractivity contribution in [1.82, 2.24) is 0 Å². The molecule has 0 heterocycles. The zero-order chi connectivity index (χ0) is 11.6. The molecular weight excluding hydrogens is 225 g/mol. The Balaban J connectivity index is 2.03.